The van der Waals surface area contributed by atoms with Crippen LogP contribution in [-0.4, -0.2) is 23.5 Å². The van der Waals surface area contributed by atoms with Gasteiger partial charge in [-0.25, -0.2) is 0 Å². The summed E-state index contributed by atoms with van der Waals surface area (Å²) in [6.07, 6.45) is -1.16. The van der Waals surface area contributed by atoms with Crippen LogP contribution >= 0.6 is 0 Å². The standard InChI is InChI=1S/C27H25F3N2O3/c1-2-3-7-26(35)32-13-12-18(21-11-9-19(15-24(21)32)27(28,29)30)14-25(34)31-23-6-4-5-17-8-10-20(33)16-22(17)23/h4-6,8-11,14-16,33H,2-3,7,12-13H2,1H3,(H,31,34)/b18-14+. The van der Waals surface area contributed by atoms with Crippen LogP contribution in [0.1, 0.15) is 43.7 Å². The molecule has 0 atom stereocenters. The molecule has 1 heterocycles. The molecule has 0 unspecified atom stereocenters. The molecule has 0 fully saturated rings. The van der Waals surface area contributed by atoms with E-state index >= 15 is 0 Å². The third-order valence-corrected chi connectivity index (χ3v) is 6.04. The summed E-state index contributed by atoms with van der Waals surface area (Å²) in [5.41, 5.74) is 0.806. The molecule has 3 aromatic rings. The Labute approximate surface area is 200 Å². The molecule has 4 rings (SSSR count). The number of hydrogen-bond acceptors (Lipinski definition) is 3. The maximum absolute atomic E-state index is 13.4. The first-order chi connectivity index (χ1) is 16.7. The first-order valence-corrected chi connectivity index (χ1v) is 11.4. The zero-order valence-corrected chi connectivity index (χ0v) is 19.2. The number of hydrogen-bond donors (Lipinski definition) is 2. The van der Waals surface area contributed by atoms with Gasteiger partial charge in [0.1, 0.15) is 5.75 Å². The number of benzene rings is 3. The summed E-state index contributed by atoms with van der Waals surface area (Å²) in [7, 11) is 0. The Bertz CT molecular complexity index is 1310. The third-order valence-electron chi connectivity index (χ3n) is 6.04. The fourth-order valence-corrected chi connectivity index (χ4v) is 4.26. The van der Waals surface area contributed by atoms with Crippen molar-refractivity contribution in [2.24, 2.45) is 0 Å². The van der Waals surface area contributed by atoms with E-state index in [0.717, 1.165) is 23.9 Å². The molecule has 0 radical (unpaired) electrons. The predicted octanol–water partition coefficient (Wildman–Crippen LogP) is 6.51. The van der Waals surface area contributed by atoms with E-state index in [9.17, 15) is 27.9 Å². The van der Waals surface area contributed by atoms with Gasteiger partial charge in [0, 0.05) is 35.7 Å². The van der Waals surface area contributed by atoms with Crippen molar-refractivity contribution in [3.05, 3.63) is 71.8 Å². The number of aromatic hydroxyl groups is 1. The lowest BCUT2D eigenvalue weighted by Crippen LogP contribution is -2.35. The molecule has 35 heavy (non-hydrogen) atoms. The van der Waals surface area contributed by atoms with Crippen LogP contribution in [0.5, 0.6) is 5.75 Å². The summed E-state index contributed by atoms with van der Waals surface area (Å²) >= 11 is 0. The molecule has 0 aliphatic carbocycles. The largest absolute Gasteiger partial charge is 0.508 e. The van der Waals surface area contributed by atoms with Crippen LogP contribution in [0.15, 0.2) is 60.7 Å². The first kappa shape index (κ1) is 24.3. The highest BCUT2D eigenvalue weighted by Crippen LogP contribution is 2.40. The molecule has 182 valence electrons. The summed E-state index contributed by atoms with van der Waals surface area (Å²) in [4.78, 5) is 27.0. The molecule has 0 saturated heterocycles. The molecular weight excluding hydrogens is 457 g/mol. The molecule has 1 aliphatic heterocycles. The first-order valence-electron chi connectivity index (χ1n) is 11.4. The predicted molar refractivity (Wildman–Crippen MR) is 130 cm³/mol. The van der Waals surface area contributed by atoms with Gasteiger partial charge in [-0.2, -0.15) is 13.2 Å². The maximum Gasteiger partial charge on any atom is 0.416 e. The second kappa shape index (κ2) is 9.82. The Hall–Kier alpha value is -3.81. The van der Waals surface area contributed by atoms with Crippen LogP contribution in [-0.2, 0) is 15.8 Å². The van der Waals surface area contributed by atoms with Gasteiger partial charge in [-0.3, -0.25) is 9.59 Å². The number of anilines is 2. The van der Waals surface area contributed by atoms with Crippen LogP contribution in [0.25, 0.3) is 16.3 Å². The second-order valence-corrected chi connectivity index (χ2v) is 8.50. The summed E-state index contributed by atoms with van der Waals surface area (Å²) in [5.74, 6) is -0.619. The highest BCUT2D eigenvalue weighted by atomic mass is 19.4. The fraction of sp³-hybridized carbons (Fsp3) is 0.259. The average molecular weight is 483 g/mol. The minimum atomic E-state index is -4.55. The van der Waals surface area contributed by atoms with E-state index in [-0.39, 0.29) is 30.3 Å². The second-order valence-electron chi connectivity index (χ2n) is 8.50. The number of phenols is 1. The number of alkyl halides is 3. The van der Waals surface area contributed by atoms with Gasteiger partial charge in [0.2, 0.25) is 11.8 Å². The molecular formula is C27H25F3N2O3. The lowest BCUT2D eigenvalue weighted by molar-refractivity contribution is -0.137. The average Bonchev–Trinajstić information content (AvgIpc) is 2.82. The Balaban J connectivity index is 1.67. The van der Waals surface area contributed by atoms with E-state index in [0.29, 0.717) is 35.1 Å². The van der Waals surface area contributed by atoms with Gasteiger partial charge >= 0.3 is 6.18 Å². The Kier molecular flexibility index (Phi) is 6.82. The molecule has 0 spiro atoms. The molecule has 8 heteroatoms. The van der Waals surface area contributed by atoms with E-state index in [1.807, 2.05) is 13.0 Å². The third kappa shape index (κ3) is 5.31. The lowest BCUT2D eigenvalue weighted by atomic mass is 9.93. The van der Waals surface area contributed by atoms with Crippen molar-refractivity contribution in [3.8, 4) is 5.75 Å². The highest BCUT2D eigenvalue weighted by Gasteiger charge is 2.34. The Morgan fingerprint density at radius 2 is 1.91 bits per heavy atom. The number of halogens is 3. The molecule has 2 amide bonds. The number of nitrogens with zero attached hydrogens (tertiary/aromatic N) is 1. The number of nitrogens with one attached hydrogen (secondary N) is 1. The molecule has 0 bridgehead atoms. The fourth-order valence-electron chi connectivity index (χ4n) is 4.26. The molecule has 0 aromatic heterocycles. The maximum atomic E-state index is 13.4. The summed E-state index contributed by atoms with van der Waals surface area (Å²) in [5, 5.41) is 14.1. The quantitative estimate of drug-likeness (QED) is 0.407. The van der Waals surface area contributed by atoms with Gasteiger partial charge in [0.05, 0.1) is 11.3 Å². The Morgan fingerprint density at radius 1 is 1.11 bits per heavy atom. The van der Waals surface area contributed by atoms with Crippen molar-refractivity contribution in [2.45, 2.75) is 38.8 Å². The van der Waals surface area contributed by atoms with E-state index in [1.54, 1.807) is 30.3 Å². The summed E-state index contributed by atoms with van der Waals surface area (Å²) in [6, 6.07) is 13.4. The van der Waals surface area contributed by atoms with E-state index in [4.69, 9.17) is 0 Å². The number of amides is 2. The van der Waals surface area contributed by atoms with Crippen LogP contribution in [0.2, 0.25) is 0 Å². The number of carbonyl (C=O) groups excluding carboxylic acids is 2. The number of fused-ring (bicyclic) bond motifs is 2. The number of unbranched alkanes of at least 4 members (excludes halogenated alkanes) is 1. The number of rotatable bonds is 5. The van der Waals surface area contributed by atoms with Crippen molar-refractivity contribution in [1.29, 1.82) is 0 Å². The van der Waals surface area contributed by atoms with Gasteiger partial charge in [0.25, 0.3) is 0 Å². The van der Waals surface area contributed by atoms with Gasteiger partial charge in [0.15, 0.2) is 0 Å². The lowest BCUT2D eigenvalue weighted by Gasteiger charge is -2.32. The minimum Gasteiger partial charge on any atom is -0.508 e. The molecule has 1 aliphatic rings. The number of carbonyl (C=O) groups is 2. The van der Waals surface area contributed by atoms with E-state index < -0.39 is 17.6 Å². The van der Waals surface area contributed by atoms with Gasteiger partial charge < -0.3 is 15.3 Å². The molecule has 2 N–H and O–H groups in total. The smallest absolute Gasteiger partial charge is 0.416 e. The summed E-state index contributed by atoms with van der Waals surface area (Å²) in [6.45, 7) is 2.13. The van der Waals surface area contributed by atoms with E-state index in [1.165, 1.54) is 17.0 Å². The topological polar surface area (TPSA) is 69.6 Å². The normalized spacial score (nSPS) is 14.7. The van der Waals surface area contributed by atoms with Crippen molar-refractivity contribution in [3.63, 3.8) is 0 Å². The van der Waals surface area contributed by atoms with Gasteiger partial charge in [-0.1, -0.05) is 37.6 Å². The van der Waals surface area contributed by atoms with Gasteiger partial charge in [-0.05, 0) is 54.1 Å². The highest BCUT2D eigenvalue weighted by molar-refractivity contribution is 6.10. The minimum absolute atomic E-state index is 0.0621. The van der Waals surface area contributed by atoms with Gasteiger partial charge in [-0.15, -0.1) is 0 Å². The monoisotopic (exact) mass is 482 g/mol. The SMILES string of the molecule is CCCCC(=O)N1CC/C(=C\C(=O)Nc2cccc3ccc(O)cc23)c2ccc(C(F)(F)F)cc21. The van der Waals surface area contributed by atoms with E-state index in [2.05, 4.69) is 5.32 Å². The zero-order chi connectivity index (χ0) is 25.2. The van der Waals surface area contributed by atoms with Crippen molar-refractivity contribution in [2.75, 3.05) is 16.8 Å². The zero-order valence-electron chi connectivity index (χ0n) is 19.2. The summed E-state index contributed by atoms with van der Waals surface area (Å²) < 4.78 is 40.2. The Morgan fingerprint density at radius 3 is 2.66 bits per heavy atom. The van der Waals surface area contributed by atoms with Crippen molar-refractivity contribution in [1.82, 2.24) is 0 Å². The molecule has 0 saturated carbocycles. The van der Waals surface area contributed by atoms with Crippen molar-refractivity contribution < 1.29 is 27.9 Å². The van der Waals surface area contributed by atoms with Crippen LogP contribution in [0.4, 0.5) is 24.5 Å². The molecule has 5 nitrogen and oxygen atoms in total. The van der Waals surface area contributed by atoms with Crippen LogP contribution < -0.4 is 10.2 Å². The molecule has 3 aromatic carbocycles. The van der Waals surface area contributed by atoms with Crippen LogP contribution in [0.3, 0.4) is 0 Å². The van der Waals surface area contributed by atoms with Crippen LogP contribution in [0, 0.1) is 0 Å². The van der Waals surface area contributed by atoms with Crippen molar-refractivity contribution >= 4 is 39.5 Å². The number of phenolic OH excluding ortho intramolecular Hbond substituents is 1.